The molecule has 0 saturated heterocycles. The number of anilines is 2. The summed E-state index contributed by atoms with van der Waals surface area (Å²) in [5.41, 5.74) is 2.41. The highest BCUT2D eigenvalue weighted by Gasteiger charge is 2.15. The van der Waals surface area contributed by atoms with Crippen LogP contribution in [0.2, 0.25) is 0 Å². The zero-order chi connectivity index (χ0) is 18.5. The van der Waals surface area contributed by atoms with Crippen molar-refractivity contribution in [2.45, 2.75) is 19.8 Å². The summed E-state index contributed by atoms with van der Waals surface area (Å²) in [5.74, 6) is -0.346. The normalized spacial score (nSPS) is 10.6. The van der Waals surface area contributed by atoms with Crippen molar-refractivity contribution in [1.82, 2.24) is 4.98 Å². The van der Waals surface area contributed by atoms with E-state index in [1.807, 2.05) is 30.3 Å². The van der Waals surface area contributed by atoms with E-state index in [0.717, 1.165) is 0 Å². The number of carbonyl (C=O) groups excluding carboxylic acids is 2. The number of hydrogen-bond acceptors (Lipinski definition) is 4. The van der Waals surface area contributed by atoms with Gasteiger partial charge in [0.05, 0.1) is 0 Å². The number of benzene rings is 2. The van der Waals surface area contributed by atoms with Gasteiger partial charge in [0, 0.05) is 11.3 Å². The molecular formula is C20H19N3O3. The van der Waals surface area contributed by atoms with Crippen LogP contribution in [0.25, 0.3) is 0 Å². The zero-order valence-corrected chi connectivity index (χ0v) is 14.5. The van der Waals surface area contributed by atoms with E-state index in [-0.39, 0.29) is 17.6 Å². The zero-order valence-electron chi connectivity index (χ0n) is 14.5. The predicted molar refractivity (Wildman–Crippen MR) is 99.4 cm³/mol. The van der Waals surface area contributed by atoms with Crippen LogP contribution in [-0.2, 0) is 0 Å². The maximum absolute atomic E-state index is 12.3. The lowest BCUT2D eigenvalue weighted by molar-refractivity contribution is 0.101. The van der Waals surface area contributed by atoms with Crippen molar-refractivity contribution in [1.29, 1.82) is 0 Å². The van der Waals surface area contributed by atoms with Crippen LogP contribution in [0.4, 0.5) is 11.7 Å². The second-order valence-corrected chi connectivity index (χ2v) is 6.09. The van der Waals surface area contributed by atoms with Gasteiger partial charge in [-0.25, -0.2) is 0 Å². The highest BCUT2D eigenvalue weighted by atomic mass is 16.4. The Balaban J connectivity index is 1.63. The maximum atomic E-state index is 12.3. The fourth-order valence-electron chi connectivity index (χ4n) is 2.34. The van der Waals surface area contributed by atoms with Gasteiger partial charge in [-0.05, 0) is 35.7 Å². The molecule has 0 aliphatic carbocycles. The number of oxazole rings is 1. The molecule has 0 aliphatic heterocycles. The minimum absolute atomic E-state index is 0.0286. The van der Waals surface area contributed by atoms with E-state index in [2.05, 4.69) is 29.5 Å². The van der Waals surface area contributed by atoms with Gasteiger partial charge in [0.1, 0.15) is 6.26 Å². The molecule has 0 aliphatic rings. The third kappa shape index (κ3) is 4.16. The maximum Gasteiger partial charge on any atom is 0.302 e. The number of hydrogen-bond donors (Lipinski definition) is 2. The Morgan fingerprint density at radius 1 is 0.923 bits per heavy atom. The summed E-state index contributed by atoms with van der Waals surface area (Å²) in [7, 11) is 0. The van der Waals surface area contributed by atoms with Crippen molar-refractivity contribution in [3.8, 4) is 0 Å². The molecule has 1 aromatic heterocycles. The van der Waals surface area contributed by atoms with Crippen LogP contribution in [0.3, 0.4) is 0 Å². The summed E-state index contributed by atoms with van der Waals surface area (Å²) in [6.07, 6.45) is 1.21. The topological polar surface area (TPSA) is 84.2 Å². The van der Waals surface area contributed by atoms with Gasteiger partial charge in [-0.1, -0.05) is 44.2 Å². The highest BCUT2D eigenvalue weighted by Crippen LogP contribution is 2.18. The highest BCUT2D eigenvalue weighted by molar-refractivity contribution is 6.05. The lowest BCUT2D eigenvalue weighted by Crippen LogP contribution is -2.14. The molecule has 0 saturated carbocycles. The fourth-order valence-corrected chi connectivity index (χ4v) is 2.34. The van der Waals surface area contributed by atoms with Gasteiger partial charge in [-0.2, -0.15) is 4.98 Å². The standard InChI is InChI=1S/C20H19N3O3/c1-13(2)14-8-10-16(11-9-14)21-19(25)17-12-26-20(22-17)23-18(24)15-6-4-3-5-7-15/h3-13H,1-2H3,(H,21,25)(H,22,23,24). The summed E-state index contributed by atoms with van der Waals surface area (Å²) in [6.45, 7) is 4.21. The van der Waals surface area contributed by atoms with Crippen molar-refractivity contribution < 1.29 is 14.0 Å². The molecule has 0 spiro atoms. The van der Waals surface area contributed by atoms with Crippen molar-refractivity contribution in [3.63, 3.8) is 0 Å². The molecule has 0 fully saturated rings. The molecule has 6 heteroatoms. The van der Waals surface area contributed by atoms with Crippen molar-refractivity contribution in [3.05, 3.63) is 77.7 Å². The van der Waals surface area contributed by atoms with Crippen LogP contribution < -0.4 is 10.6 Å². The third-order valence-electron chi connectivity index (χ3n) is 3.83. The van der Waals surface area contributed by atoms with Gasteiger partial charge in [0.25, 0.3) is 11.8 Å². The quantitative estimate of drug-likeness (QED) is 0.719. The minimum Gasteiger partial charge on any atom is -0.431 e. The van der Waals surface area contributed by atoms with Crippen LogP contribution in [0, 0.1) is 0 Å². The van der Waals surface area contributed by atoms with Crippen LogP contribution >= 0.6 is 0 Å². The van der Waals surface area contributed by atoms with E-state index in [0.29, 0.717) is 17.2 Å². The molecule has 3 rings (SSSR count). The monoisotopic (exact) mass is 349 g/mol. The number of nitrogens with one attached hydrogen (secondary N) is 2. The first-order valence-corrected chi connectivity index (χ1v) is 8.26. The average molecular weight is 349 g/mol. The number of aromatic nitrogens is 1. The molecule has 2 amide bonds. The van der Waals surface area contributed by atoms with Gasteiger partial charge in [0.15, 0.2) is 5.69 Å². The van der Waals surface area contributed by atoms with Crippen molar-refractivity contribution in [2.24, 2.45) is 0 Å². The van der Waals surface area contributed by atoms with E-state index in [9.17, 15) is 9.59 Å². The molecule has 0 radical (unpaired) electrons. The largest absolute Gasteiger partial charge is 0.431 e. The summed E-state index contributed by atoms with van der Waals surface area (Å²) in [4.78, 5) is 28.3. The van der Waals surface area contributed by atoms with E-state index in [1.54, 1.807) is 24.3 Å². The van der Waals surface area contributed by atoms with Gasteiger partial charge in [-0.3, -0.25) is 14.9 Å². The molecule has 0 unspecified atom stereocenters. The Hall–Kier alpha value is -3.41. The molecule has 3 aromatic rings. The first-order chi connectivity index (χ1) is 12.5. The molecule has 6 nitrogen and oxygen atoms in total. The predicted octanol–water partition coefficient (Wildman–Crippen LogP) is 4.30. The Bertz CT molecular complexity index is 900. The Kier molecular flexibility index (Phi) is 5.12. The first kappa shape index (κ1) is 17.4. The van der Waals surface area contributed by atoms with Crippen LogP contribution in [0.15, 0.2) is 65.3 Å². The number of amides is 2. The van der Waals surface area contributed by atoms with Gasteiger partial charge in [-0.15, -0.1) is 0 Å². The SMILES string of the molecule is CC(C)c1ccc(NC(=O)c2coc(NC(=O)c3ccccc3)n2)cc1. The van der Waals surface area contributed by atoms with Crippen LogP contribution in [0.1, 0.15) is 46.2 Å². The van der Waals surface area contributed by atoms with Crippen molar-refractivity contribution >= 4 is 23.5 Å². The lowest BCUT2D eigenvalue weighted by Gasteiger charge is -2.07. The average Bonchev–Trinajstić information content (AvgIpc) is 3.11. The Morgan fingerprint density at radius 2 is 1.62 bits per heavy atom. The van der Waals surface area contributed by atoms with E-state index >= 15 is 0 Å². The molecule has 0 bridgehead atoms. The van der Waals surface area contributed by atoms with Crippen molar-refractivity contribution in [2.75, 3.05) is 10.6 Å². The first-order valence-electron chi connectivity index (χ1n) is 8.26. The fraction of sp³-hybridized carbons (Fsp3) is 0.150. The molecule has 0 atom stereocenters. The van der Waals surface area contributed by atoms with Gasteiger partial charge in [0.2, 0.25) is 0 Å². The third-order valence-corrected chi connectivity index (χ3v) is 3.83. The molecule has 2 N–H and O–H groups in total. The number of rotatable bonds is 5. The van der Waals surface area contributed by atoms with Crippen LogP contribution in [-0.4, -0.2) is 16.8 Å². The summed E-state index contributed by atoms with van der Waals surface area (Å²) < 4.78 is 5.16. The Labute approximate surface area is 151 Å². The Morgan fingerprint density at radius 3 is 2.27 bits per heavy atom. The lowest BCUT2D eigenvalue weighted by atomic mass is 10.0. The van der Waals surface area contributed by atoms with E-state index in [1.165, 1.54) is 11.8 Å². The summed E-state index contributed by atoms with van der Waals surface area (Å²) in [5, 5.41) is 5.27. The minimum atomic E-state index is -0.411. The molecule has 26 heavy (non-hydrogen) atoms. The molecular weight excluding hydrogens is 330 g/mol. The van der Waals surface area contributed by atoms with Gasteiger partial charge < -0.3 is 9.73 Å². The molecule has 1 heterocycles. The second kappa shape index (κ2) is 7.65. The summed E-state index contributed by atoms with van der Waals surface area (Å²) in [6, 6.07) is 16.3. The second-order valence-electron chi connectivity index (χ2n) is 6.09. The van der Waals surface area contributed by atoms with E-state index in [4.69, 9.17) is 4.42 Å². The number of nitrogens with zero attached hydrogens (tertiary/aromatic N) is 1. The van der Waals surface area contributed by atoms with E-state index < -0.39 is 5.91 Å². The van der Waals surface area contributed by atoms with Gasteiger partial charge >= 0.3 is 6.01 Å². The number of carbonyl (C=O) groups is 2. The smallest absolute Gasteiger partial charge is 0.302 e. The van der Waals surface area contributed by atoms with Crippen LogP contribution in [0.5, 0.6) is 0 Å². The summed E-state index contributed by atoms with van der Waals surface area (Å²) >= 11 is 0. The molecule has 2 aromatic carbocycles. The molecule has 132 valence electrons.